The van der Waals surface area contributed by atoms with Crippen molar-refractivity contribution in [3.05, 3.63) is 30.3 Å². The van der Waals surface area contributed by atoms with Crippen molar-refractivity contribution in [3.8, 4) is 0 Å². The molecule has 94 valence electrons. The molecule has 0 radical (unpaired) electrons. The maximum Gasteiger partial charge on any atom is 0.222 e. The van der Waals surface area contributed by atoms with Crippen LogP contribution >= 0.6 is 0 Å². The molecule has 3 heteroatoms. The predicted octanol–water partition coefficient (Wildman–Crippen LogP) is 2.47. The average molecular weight is 249 g/mol. The Labute approximate surface area is 106 Å². The van der Waals surface area contributed by atoms with E-state index in [4.69, 9.17) is 0 Å². The molecule has 0 bridgehead atoms. The van der Waals surface area contributed by atoms with Gasteiger partial charge in [0, 0.05) is 20.5 Å². The Morgan fingerprint density at radius 1 is 1.24 bits per heavy atom. The lowest BCUT2D eigenvalue weighted by molar-refractivity contribution is -0.128. The first-order valence-corrected chi connectivity index (χ1v) is 9.19. The molecule has 1 rings (SSSR count). The molecule has 0 spiro atoms. The maximum absolute atomic E-state index is 11.8. The third kappa shape index (κ3) is 3.43. The van der Waals surface area contributed by atoms with Crippen LogP contribution in [0.15, 0.2) is 30.3 Å². The van der Waals surface area contributed by atoms with E-state index in [1.54, 1.807) is 4.90 Å². The maximum atomic E-state index is 11.8. The molecule has 1 aromatic rings. The molecule has 2 nitrogen and oxygen atoms in total. The highest BCUT2D eigenvalue weighted by Gasteiger charge is 2.31. The Hall–Kier alpha value is -1.09. The molecule has 0 N–H and O–H groups in total. The lowest BCUT2D eigenvalue weighted by atomic mass is 10.3. The first-order chi connectivity index (χ1) is 7.85. The molecule has 0 saturated heterocycles. The molecule has 1 atom stereocenters. The Morgan fingerprint density at radius 3 is 2.24 bits per heavy atom. The average Bonchev–Trinajstić information content (AvgIpc) is 2.29. The Morgan fingerprint density at radius 2 is 1.76 bits per heavy atom. The van der Waals surface area contributed by atoms with Crippen molar-refractivity contribution in [1.82, 2.24) is 4.90 Å². The summed E-state index contributed by atoms with van der Waals surface area (Å²) in [4.78, 5) is 13.5. The van der Waals surface area contributed by atoms with Crippen LogP contribution in [0.5, 0.6) is 0 Å². The van der Waals surface area contributed by atoms with Gasteiger partial charge in [-0.05, 0) is 5.54 Å². The van der Waals surface area contributed by atoms with Gasteiger partial charge >= 0.3 is 0 Å². The second kappa shape index (κ2) is 5.49. The third-order valence-corrected chi connectivity index (χ3v) is 8.22. The minimum atomic E-state index is -1.54. The summed E-state index contributed by atoms with van der Waals surface area (Å²) in [7, 11) is 2.11. The Balaban J connectivity index is 2.80. The Kier molecular flexibility index (Phi) is 4.51. The molecule has 0 aromatic heterocycles. The van der Waals surface area contributed by atoms with Crippen molar-refractivity contribution < 1.29 is 4.79 Å². The first kappa shape index (κ1) is 14.0. The van der Waals surface area contributed by atoms with Gasteiger partial charge in [0.1, 0.15) is 0 Å². The molecule has 1 unspecified atom stereocenters. The summed E-state index contributed by atoms with van der Waals surface area (Å²) in [5.74, 6) is 0.231. The quantitative estimate of drug-likeness (QED) is 0.751. The molecule has 1 aromatic carbocycles. The van der Waals surface area contributed by atoms with Crippen LogP contribution in [0.4, 0.5) is 0 Å². The number of nitrogens with zero attached hydrogens (tertiary/aromatic N) is 1. The highest BCUT2D eigenvalue weighted by Crippen LogP contribution is 2.25. The van der Waals surface area contributed by atoms with Gasteiger partial charge in [0.25, 0.3) is 0 Å². The highest BCUT2D eigenvalue weighted by atomic mass is 28.3. The topological polar surface area (TPSA) is 20.3 Å². The second-order valence-corrected chi connectivity index (χ2v) is 10.5. The van der Waals surface area contributed by atoms with E-state index in [1.165, 1.54) is 5.19 Å². The lowest BCUT2D eigenvalue weighted by Gasteiger charge is -2.30. The van der Waals surface area contributed by atoms with E-state index in [2.05, 4.69) is 44.3 Å². The summed E-state index contributed by atoms with van der Waals surface area (Å²) in [5, 5.41) is 1.43. The van der Waals surface area contributed by atoms with Crippen LogP contribution in [0, 0.1) is 0 Å². The number of hydrogen-bond acceptors (Lipinski definition) is 1. The van der Waals surface area contributed by atoms with Gasteiger partial charge in [0.05, 0.1) is 8.07 Å². The summed E-state index contributed by atoms with van der Waals surface area (Å²) < 4.78 is 0. The second-order valence-electron chi connectivity index (χ2n) is 5.48. The van der Waals surface area contributed by atoms with E-state index >= 15 is 0 Å². The van der Waals surface area contributed by atoms with Gasteiger partial charge in [-0.15, -0.1) is 0 Å². The minimum Gasteiger partial charge on any atom is -0.349 e. The number of carbonyl (C=O) groups is 1. The van der Waals surface area contributed by atoms with Crippen LogP contribution in [-0.4, -0.2) is 33.0 Å². The fourth-order valence-corrected chi connectivity index (χ4v) is 4.16. The molecule has 0 aliphatic rings. The monoisotopic (exact) mass is 249 g/mol. The molecule has 17 heavy (non-hydrogen) atoms. The highest BCUT2D eigenvalue weighted by molar-refractivity contribution is 6.91. The van der Waals surface area contributed by atoms with E-state index in [-0.39, 0.29) is 5.91 Å². The number of rotatable bonds is 4. The number of carbonyl (C=O) groups excluding carboxylic acids is 1. The van der Waals surface area contributed by atoms with Crippen LogP contribution in [-0.2, 0) is 4.79 Å². The minimum absolute atomic E-state index is 0.231. The van der Waals surface area contributed by atoms with Gasteiger partial charge in [0.15, 0.2) is 0 Å². The summed E-state index contributed by atoms with van der Waals surface area (Å²) >= 11 is 0. The van der Waals surface area contributed by atoms with Gasteiger partial charge in [-0.1, -0.05) is 55.5 Å². The van der Waals surface area contributed by atoms with E-state index in [9.17, 15) is 4.79 Å². The summed E-state index contributed by atoms with van der Waals surface area (Å²) in [5.41, 5.74) is 0.458. The van der Waals surface area contributed by atoms with E-state index in [1.807, 2.05) is 20.2 Å². The molecule has 0 aliphatic carbocycles. The van der Waals surface area contributed by atoms with Crippen molar-refractivity contribution >= 4 is 19.2 Å². The normalized spacial score (nSPS) is 13.2. The molecular formula is C14H23NOSi. The van der Waals surface area contributed by atoms with Crippen molar-refractivity contribution in [1.29, 1.82) is 0 Å². The zero-order valence-electron chi connectivity index (χ0n) is 11.5. The number of amides is 1. The van der Waals surface area contributed by atoms with Gasteiger partial charge < -0.3 is 4.90 Å². The fourth-order valence-electron chi connectivity index (χ4n) is 1.85. The van der Waals surface area contributed by atoms with Crippen LogP contribution in [0.25, 0.3) is 0 Å². The molecule has 1 amide bonds. The van der Waals surface area contributed by atoms with E-state index in [0.29, 0.717) is 12.0 Å². The van der Waals surface area contributed by atoms with Crippen molar-refractivity contribution in [2.45, 2.75) is 32.0 Å². The first-order valence-electron chi connectivity index (χ1n) is 6.11. The summed E-state index contributed by atoms with van der Waals surface area (Å²) in [6.45, 7) is 6.90. The lowest BCUT2D eigenvalue weighted by Crippen LogP contribution is -2.46. The van der Waals surface area contributed by atoms with Gasteiger partial charge in [0.2, 0.25) is 5.91 Å². The van der Waals surface area contributed by atoms with Crippen LogP contribution in [0.1, 0.15) is 13.3 Å². The zero-order chi connectivity index (χ0) is 13.1. The molecule has 0 saturated carbocycles. The number of benzene rings is 1. The van der Waals surface area contributed by atoms with Gasteiger partial charge in [-0.25, -0.2) is 0 Å². The molecule has 0 aliphatic heterocycles. The standard InChI is InChI=1S/C14H23NOSi/c1-12(11-14(16)15(2)3)17(4,5)13-9-7-6-8-10-13/h6-10,12H,11H2,1-5H3. The van der Waals surface area contributed by atoms with Crippen molar-refractivity contribution in [2.75, 3.05) is 14.1 Å². The van der Waals surface area contributed by atoms with Gasteiger partial charge in [-0.3, -0.25) is 4.79 Å². The molecular weight excluding hydrogens is 226 g/mol. The van der Waals surface area contributed by atoms with Crippen LogP contribution in [0.2, 0.25) is 18.6 Å². The van der Waals surface area contributed by atoms with E-state index in [0.717, 1.165) is 0 Å². The van der Waals surface area contributed by atoms with Gasteiger partial charge in [-0.2, -0.15) is 0 Å². The molecule has 0 heterocycles. The van der Waals surface area contributed by atoms with Crippen molar-refractivity contribution in [2.24, 2.45) is 0 Å². The van der Waals surface area contributed by atoms with E-state index < -0.39 is 8.07 Å². The zero-order valence-corrected chi connectivity index (χ0v) is 12.5. The molecule has 0 fully saturated rings. The summed E-state index contributed by atoms with van der Waals surface area (Å²) in [6.07, 6.45) is 0.654. The smallest absolute Gasteiger partial charge is 0.222 e. The van der Waals surface area contributed by atoms with Crippen LogP contribution in [0.3, 0.4) is 0 Å². The predicted molar refractivity (Wildman–Crippen MR) is 76.3 cm³/mol. The largest absolute Gasteiger partial charge is 0.349 e. The summed E-state index contributed by atoms with van der Waals surface area (Å²) in [6, 6.07) is 10.6. The van der Waals surface area contributed by atoms with Crippen molar-refractivity contribution in [3.63, 3.8) is 0 Å². The third-order valence-electron chi connectivity index (χ3n) is 3.73. The Bertz CT molecular complexity index is 373. The number of hydrogen-bond donors (Lipinski definition) is 0. The van der Waals surface area contributed by atoms with Crippen LogP contribution < -0.4 is 5.19 Å². The fraction of sp³-hybridized carbons (Fsp3) is 0.500. The SMILES string of the molecule is CC(CC(=O)N(C)C)[Si](C)(C)c1ccccc1.